The minimum atomic E-state index is 0.00222. The lowest BCUT2D eigenvalue weighted by atomic mass is 9.98. The van der Waals surface area contributed by atoms with Gasteiger partial charge in [0, 0.05) is 11.9 Å². The lowest BCUT2D eigenvalue weighted by molar-refractivity contribution is 0.235. The quantitative estimate of drug-likeness (QED) is 0.714. The predicted octanol–water partition coefficient (Wildman–Crippen LogP) is 1.40. The molecule has 0 saturated carbocycles. The number of hydrogen-bond acceptors (Lipinski definition) is 2. The Kier molecular flexibility index (Phi) is 1.69. The standard InChI is InChI=1S/C13H13N3O/c17-13-15-7-10-12-9(5-6-14-10)8-3-1-2-4-11(8)16(12)13/h1-4,10,14H,5-7H2,(H,15,17). The minimum absolute atomic E-state index is 0.00222. The zero-order valence-corrected chi connectivity index (χ0v) is 9.36. The van der Waals surface area contributed by atoms with Crippen LogP contribution in [0.25, 0.3) is 10.9 Å². The Morgan fingerprint density at radius 3 is 3.12 bits per heavy atom. The summed E-state index contributed by atoms with van der Waals surface area (Å²) in [7, 11) is 0. The number of aromatic nitrogens is 1. The first-order valence-electron chi connectivity index (χ1n) is 6.00. The highest BCUT2D eigenvalue weighted by atomic mass is 16.2. The maximum absolute atomic E-state index is 12.0. The molecule has 0 radical (unpaired) electrons. The Morgan fingerprint density at radius 1 is 1.29 bits per heavy atom. The first kappa shape index (κ1) is 9.24. The molecule has 2 N–H and O–H groups in total. The summed E-state index contributed by atoms with van der Waals surface area (Å²) in [6, 6.07) is 8.44. The molecule has 0 saturated heterocycles. The van der Waals surface area contributed by atoms with Crippen molar-refractivity contribution in [2.45, 2.75) is 12.5 Å². The Labute approximate surface area is 98.6 Å². The molecule has 0 aliphatic carbocycles. The summed E-state index contributed by atoms with van der Waals surface area (Å²) >= 11 is 0. The van der Waals surface area contributed by atoms with E-state index in [0.717, 1.165) is 18.5 Å². The van der Waals surface area contributed by atoms with Gasteiger partial charge in [0.15, 0.2) is 0 Å². The monoisotopic (exact) mass is 227 g/mol. The van der Waals surface area contributed by atoms with E-state index in [2.05, 4.69) is 16.7 Å². The molecule has 1 aromatic heterocycles. The fraction of sp³-hybridized carbons (Fsp3) is 0.308. The van der Waals surface area contributed by atoms with Gasteiger partial charge in [-0.25, -0.2) is 4.79 Å². The van der Waals surface area contributed by atoms with E-state index in [1.807, 2.05) is 22.8 Å². The molecule has 2 aliphatic rings. The zero-order valence-electron chi connectivity index (χ0n) is 9.36. The van der Waals surface area contributed by atoms with Crippen LogP contribution in [-0.4, -0.2) is 23.7 Å². The number of carbonyl (C=O) groups excluding carboxylic acids is 1. The van der Waals surface area contributed by atoms with E-state index in [1.54, 1.807) is 0 Å². The van der Waals surface area contributed by atoms with E-state index in [-0.39, 0.29) is 12.1 Å². The zero-order chi connectivity index (χ0) is 11.4. The fourth-order valence-corrected chi connectivity index (χ4v) is 3.08. The lowest BCUT2D eigenvalue weighted by Gasteiger charge is -2.30. The van der Waals surface area contributed by atoms with Crippen molar-refractivity contribution in [3.63, 3.8) is 0 Å². The van der Waals surface area contributed by atoms with Crippen LogP contribution in [0.3, 0.4) is 0 Å². The van der Waals surface area contributed by atoms with Crippen LogP contribution in [0.1, 0.15) is 17.3 Å². The molecule has 2 aromatic rings. The van der Waals surface area contributed by atoms with Gasteiger partial charge in [0.25, 0.3) is 0 Å². The van der Waals surface area contributed by atoms with Gasteiger partial charge < -0.3 is 10.6 Å². The first-order chi connectivity index (χ1) is 8.36. The highest BCUT2D eigenvalue weighted by Crippen LogP contribution is 2.34. The van der Waals surface area contributed by atoms with E-state index < -0.39 is 0 Å². The van der Waals surface area contributed by atoms with Crippen molar-refractivity contribution in [1.82, 2.24) is 15.2 Å². The second-order valence-corrected chi connectivity index (χ2v) is 4.66. The number of hydrogen-bond donors (Lipinski definition) is 2. The molecule has 2 aliphatic heterocycles. The number of rotatable bonds is 0. The first-order valence-corrected chi connectivity index (χ1v) is 6.00. The third-order valence-corrected chi connectivity index (χ3v) is 3.78. The number of carbonyl (C=O) groups is 1. The lowest BCUT2D eigenvalue weighted by Crippen LogP contribution is -2.46. The molecule has 1 aromatic carbocycles. The summed E-state index contributed by atoms with van der Waals surface area (Å²) in [6.07, 6.45) is 1.01. The van der Waals surface area contributed by atoms with E-state index in [1.165, 1.54) is 16.6 Å². The SMILES string of the molecule is O=C1NCC2NCCc3c2n1c1ccccc31. The van der Waals surface area contributed by atoms with Crippen LogP contribution in [-0.2, 0) is 6.42 Å². The molecule has 1 unspecified atom stereocenters. The number of nitrogens with zero attached hydrogens (tertiary/aromatic N) is 1. The molecule has 1 amide bonds. The summed E-state index contributed by atoms with van der Waals surface area (Å²) in [5.74, 6) is 0. The van der Waals surface area contributed by atoms with Crippen molar-refractivity contribution in [3.05, 3.63) is 35.5 Å². The maximum Gasteiger partial charge on any atom is 0.326 e. The topological polar surface area (TPSA) is 46.1 Å². The van der Waals surface area contributed by atoms with Gasteiger partial charge in [0.1, 0.15) is 0 Å². The average Bonchev–Trinajstić information content (AvgIpc) is 2.71. The van der Waals surface area contributed by atoms with Gasteiger partial charge in [0.2, 0.25) is 0 Å². The molecular formula is C13H13N3O. The molecule has 0 spiro atoms. The van der Waals surface area contributed by atoms with E-state index in [9.17, 15) is 4.79 Å². The number of amides is 1. The Bertz CT molecular complexity index is 629. The number of benzene rings is 1. The summed E-state index contributed by atoms with van der Waals surface area (Å²) in [5.41, 5.74) is 3.55. The van der Waals surface area contributed by atoms with E-state index in [4.69, 9.17) is 0 Å². The molecule has 0 fully saturated rings. The Hall–Kier alpha value is -1.81. The molecule has 0 bridgehead atoms. The van der Waals surface area contributed by atoms with E-state index >= 15 is 0 Å². The van der Waals surface area contributed by atoms with Gasteiger partial charge in [0.05, 0.1) is 17.3 Å². The van der Waals surface area contributed by atoms with Gasteiger partial charge >= 0.3 is 6.03 Å². The molecule has 17 heavy (non-hydrogen) atoms. The molecular weight excluding hydrogens is 214 g/mol. The molecule has 3 heterocycles. The molecule has 4 heteroatoms. The Morgan fingerprint density at radius 2 is 2.18 bits per heavy atom. The number of para-hydroxylation sites is 1. The average molecular weight is 227 g/mol. The van der Waals surface area contributed by atoms with Crippen molar-refractivity contribution in [1.29, 1.82) is 0 Å². The van der Waals surface area contributed by atoms with Gasteiger partial charge in [-0.2, -0.15) is 0 Å². The van der Waals surface area contributed by atoms with E-state index in [0.29, 0.717) is 6.54 Å². The summed E-state index contributed by atoms with van der Waals surface area (Å²) < 4.78 is 1.84. The van der Waals surface area contributed by atoms with Crippen molar-refractivity contribution < 1.29 is 4.79 Å². The molecule has 86 valence electrons. The normalized spacial score (nSPS) is 22.4. The molecule has 4 nitrogen and oxygen atoms in total. The minimum Gasteiger partial charge on any atom is -0.335 e. The van der Waals surface area contributed by atoms with Crippen LogP contribution in [0.15, 0.2) is 24.3 Å². The van der Waals surface area contributed by atoms with Gasteiger partial charge in [-0.05, 0) is 24.6 Å². The Balaban J connectivity index is 2.17. The van der Waals surface area contributed by atoms with Gasteiger partial charge in [-0.15, -0.1) is 0 Å². The number of nitrogens with one attached hydrogen (secondary N) is 2. The van der Waals surface area contributed by atoms with Crippen molar-refractivity contribution in [2.24, 2.45) is 0 Å². The molecule has 4 rings (SSSR count). The van der Waals surface area contributed by atoms with Crippen LogP contribution in [0.4, 0.5) is 4.79 Å². The van der Waals surface area contributed by atoms with Gasteiger partial charge in [-0.3, -0.25) is 4.57 Å². The number of fused-ring (bicyclic) bond motifs is 3. The third kappa shape index (κ3) is 1.08. The molecule has 1 atom stereocenters. The second kappa shape index (κ2) is 3.11. The largest absolute Gasteiger partial charge is 0.335 e. The van der Waals surface area contributed by atoms with Crippen LogP contribution in [0, 0.1) is 0 Å². The van der Waals surface area contributed by atoms with Crippen molar-refractivity contribution in [2.75, 3.05) is 13.1 Å². The van der Waals surface area contributed by atoms with Crippen LogP contribution in [0.2, 0.25) is 0 Å². The summed E-state index contributed by atoms with van der Waals surface area (Å²) in [4.78, 5) is 12.0. The fourth-order valence-electron chi connectivity index (χ4n) is 3.08. The summed E-state index contributed by atoms with van der Waals surface area (Å²) in [6.45, 7) is 1.68. The maximum atomic E-state index is 12.0. The van der Waals surface area contributed by atoms with Gasteiger partial charge in [-0.1, -0.05) is 18.2 Å². The highest BCUT2D eigenvalue weighted by Gasteiger charge is 2.32. The second-order valence-electron chi connectivity index (χ2n) is 4.66. The van der Waals surface area contributed by atoms with Crippen LogP contribution < -0.4 is 10.6 Å². The third-order valence-electron chi connectivity index (χ3n) is 3.78. The summed E-state index contributed by atoms with van der Waals surface area (Å²) in [5, 5.41) is 7.63. The van der Waals surface area contributed by atoms with Crippen molar-refractivity contribution in [3.8, 4) is 0 Å². The van der Waals surface area contributed by atoms with Crippen LogP contribution >= 0.6 is 0 Å². The highest BCUT2D eigenvalue weighted by molar-refractivity contribution is 5.96. The van der Waals surface area contributed by atoms with Crippen LogP contribution in [0.5, 0.6) is 0 Å². The smallest absolute Gasteiger partial charge is 0.326 e. The predicted molar refractivity (Wildman–Crippen MR) is 65.2 cm³/mol. The van der Waals surface area contributed by atoms with Crippen molar-refractivity contribution >= 4 is 16.9 Å².